The molecule has 25 heavy (non-hydrogen) atoms. The average molecular weight is 355 g/mol. The molecule has 3 aromatic heterocycles. The van der Waals surface area contributed by atoms with Crippen LogP contribution in [-0.2, 0) is 26.1 Å². The van der Waals surface area contributed by atoms with Gasteiger partial charge in [-0.3, -0.25) is 14.4 Å². The molecule has 0 aliphatic carbocycles. The number of aromatic nitrogens is 4. The fraction of sp³-hybridized carbons (Fsp3) is 0.389. The van der Waals surface area contributed by atoms with Gasteiger partial charge in [-0.25, -0.2) is 4.98 Å². The van der Waals surface area contributed by atoms with Crippen LogP contribution in [-0.4, -0.2) is 31.2 Å². The van der Waals surface area contributed by atoms with Crippen molar-refractivity contribution < 1.29 is 0 Å². The molecule has 6 nitrogen and oxygen atoms in total. The van der Waals surface area contributed by atoms with Crippen molar-refractivity contribution in [3.8, 4) is 10.7 Å². The summed E-state index contributed by atoms with van der Waals surface area (Å²) in [5, 5.41) is 6.41. The Morgan fingerprint density at radius 1 is 1.40 bits per heavy atom. The Kier molecular flexibility index (Phi) is 4.27. The maximum atomic E-state index is 12.6. The fourth-order valence-corrected chi connectivity index (χ4v) is 4.02. The number of H-pyrrole nitrogens is 1. The van der Waals surface area contributed by atoms with Crippen molar-refractivity contribution >= 4 is 11.3 Å². The van der Waals surface area contributed by atoms with Gasteiger partial charge in [-0.05, 0) is 25.3 Å². The van der Waals surface area contributed by atoms with E-state index in [0.29, 0.717) is 12.4 Å². The number of nitrogens with zero attached hydrogens (tertiary/aromatic N) is 4. The maximum Gasteiger partial charge on any atom is 0.255 e. The van der Waals surface area contributed by atoms with E-state index in [0.717, 1.165) is 42.2 Å². The smallest absolute Gasteiger partial charge is 0.255 e. The van der Waals surface area contributed by atoms with Crippen molar-refractivity contribution in [1.29, 1.82) is 0 Å². The first-order valence-corrected chi connectivity index (χ1v) is 9.43. The van der Waals surface area contributed by atoms with E-state index in [9.17, 15) is 4.79 Å². The summed E-state index contributed by atoms with van der Waals surface area (Å²) in [6.45, 7) is 7.44. The Morgan fingerprint density at radius 3 is 3.00 bits per heavy atom. The first-order valence-electron chi connectivity index (χ1n) is 8.55. The summed E-state index contributed by atoms with van der Waals surface area (Å²) in [4.78, 5) is 23.5. The molecule has 0 aromatic carbocycles. The number of hydrogen-bond acceptors (Lipinski definition) is 5. The second-order valence-electron chi connectivity index (χ2n) is 6.35. The highest BCUT2D eigenvalue weighted by atomic mass is 32.1. The van der Waals surface area contributed by atoms with Crippen LogP contribution in [0.4, 0.5) is 0 Å². The molecule has 7 heteroatoms. The third-order valence-electron chi connectivity index (χ3n) is 4.80. The molecule has 0 saturated heterocycles. The lowest BCUT2D eigenvalue weighted by atomic mass is 10.1. The highest BCUT2D eigenvalue weighted by molar-refractivity contribution is 7.13. The molecule has 1 N–H and O–H groups in total. The van der Waals surface area contributed by atoms with Gasteiger partial charge in [-0.1, -0.05) is 6.07 Å². The van der Waals surface area contributed by atoms with Gasteiger partial charge >= 0.3 is 0 Å². The Labute approximate surface area is 150 Å². The number of nitrogens with one attached hydrogen (secondary N) is 1. The molecule has 0 radical (unpaired) electrons. The third-order valence-corrected chi connectivity index (χ3v) is 5.68. The summed E-state index contributed by atoms with van der Waals surface area (Å²) in [5.41, 5.74) is 4.15. The predicted molar refractivity (Wildman–Crippen MR) is 98.6 cm³/mol. The molecule has 4 heterocycles. The van der Waals surface area contributed by atoms with Crippen molar-refractivity contribution in [2.45, 2.75) is 39.9 Å². The van der Waals surface area contributed by atoms with E-state index in [1.807, 2.05) is 28.4 Å². The molecule has 3 aromatic rings. The van der Waals surface area contributed by atoms with Gasteiger partial charge in [-0.2, -0.15) is 5.10 Å². The van der Waals surface area contributed by atoms with Gasteiger partial charge in [0.05, 0.1) is 22.3 Å². The van der Waals surface area contributed by atoms with Gasteiger partial charge in [0.2, 0.25) is 0 Å². The molecule has 0 atom stereocenters. The number of fused-ring (bicyclic) bond motifs is 1. The molecule has 1 aliphatic rings. The van der Waals surface area contributed by atoms with Gasteiger partial charge in [-0.15, -0.1) is 11.3 Å². The van der Waals surface area contributed by atoms with E-state index >= 15 is 0 Å². The molecule has 0 amide bonds. The Balaban J connectivity index is 1.57. The van der Waals surface area contributed by atoms with Crippen molar-refractivity contribution in [2.24, 2.45) is 0 Å². The van der Waals surface area contributed by atoms with Crippen LogP contribution in [0.5, 0.6) is 0 Å². The molecule has 0 unspecified atom stereocenters. The van der Waals surface area contributed by atoms with Gasteiger partial charge in [0.1, 0.15) is 0 Å². The minimum Gasteiger partial charge on any atom is -0.306 e. The molecule has 0 saturated carbocycles. The van der Waals surface area contributed by atoms with E-state index in [4.69, 9.17) is 4.98 Å². The van der Waals surface area contributed by atoms with Gasteiger partial charge in [0.25, 0.3) is 5.56 Å². The molecule has 130 valence electrons. The largest absolute Gasteiger partial charge is 0.306 e. The summed E-state index contributed by atoms with van der Waals surface area (Å²) in [6.07, 6.45) is 2.75. The number of rotatable bonds is 4. The van der Waals surface area contributed by atoms with Gasteiger partial charge in [0.15, 0.2) is 5.82 Å². The molecular weight excluding hydrogens is 334 g/mol. The molecule has 0 fully saturated rings. The summed E-state index contributed by atoms with van der Waals surface area (Å²) in [5.74, 6) is 0.687. The van der Waals surface area contributed by atoms with Crippen LogP contribution in [0.3, 0.4) is 0 Å². The second-order valence-corrected chi connectivity index (χ2v) is 7.30. The van der Waals surface area contributed by atoms with Crippen LogP contribution in [0.2, 0.25) is 0 Å². The number of aromatic amines is 1. The first-order chi connectivity index (χ1) is 12.2. The average Bonchev–Trinajstić information content (AvgIpc) is 3.26. The minimum atomic E-state index is -0.0147. The van der Waals surface area contributed by atoms with Crippen LogP contribution >= 0.6 is 11.3 Å². The van der Waals surface area contributed by atoms with Crippen molar-refractivity contribution in [1.82, 2.24) is 24.6 Å². The van der Waals surface area contributed by atoms with Crippen LogP contribution in [0.15, 0.2) is 28.5 Å². The lowest BCUT2D eigenvalue weighted by Gasteiger charge is -2.27. The molecule has 1 aliphatic heterocycles. The zero-order chi connectivity index (χ0) is 17.4. The van der Waals surface area contributed by atoms with E-state index in [1.165, 1.54) is 11.3 Å². The summed E-state index contributed by atoms with van der Waals surface area (Å²) >= 11 is 1.59. The SMILES string of the molecule is CCn1ncc(CN2CCc3nc(-c4cccs4)[nH]c(=O)c3C2)c1C. The number of aryl methyl sites for hydroxylation is 1. The van der Waals surface area contributed by atoms with Crippen molar-refractivity contribution in [2.75, 3.05) is 6.54 Å². The van der Waals surface area contributed by atoms with E-state index in [2.05, 4.69) is 28.8 Å². The number of hydrogen-bond donors (Lipinski definition) is 1. The normalized spacial score (nSPS) is 14.6. The second kappa shape index (κ2) is 6.57. The first kappa shape index (κ1) is 16.2. The highest BCUT2D eigenvalue weighted by Crippen LogP contribution is 2.23. The van der Waals surface area contributed by atoms with Crippen LogP contribution in [0.1, 0.15) is 29.4 Å². The third kappa shape index (κ3) is 3.05. The minimum absolute atomic E-state index is 0.0147. The molecule has 0 bridgehead atoms. The van der Waals surface area contributed by atoms with E-state index in [-0.39, 0.29) is 5.56 Å². The summed E-state index contributed by atoms with van der Waals surface area (Å²) in [7, 11) is 0. The summed E-state index contributed by atoms with van der Waals surface area (Å²) < 4.78 is 2.01. The lowest BCUT2D eigenvalue weighted by molar-refractivity contribution is 0.241. The standard InChI is InChI=1S/C18H21N5OS/c1-3-23-12(2)13(9-19-23)10-22-7-6-15-14(11-22)18(24)21-17(20-15)16-5-4-8-25-16/h4-5,8-9H,3,6-7,10-11H2,1-2H3,(H,20,21,24). The maximum absolute atomic E-state index is 12.6. The quantitative estimate of drug-likeness (QED) is 0.781. The zero-order valence-corrected chi connectivity index (χ0v) is 15.3. The highest BCUT2D eigenvalue weighted by Gasteiger charge is 2.22. The number of thiophene rings is 1. The zero-order valence-electron chi connectivity index (χ0n) is 14.5. The fourth-order valence-electron chi connectivity index (χ4n) is 3.35. The van der Waals surface area contributed by atoms with Gasteiger partial charge in [0, 0.05) is 43.9 Å². The lowest BCUT2D eigenvalue weighted by Crippen LogP contribution is -2.35. The Bertz CT molecular complexity index is 941. The van der Waals surface area contributed by atoms with Crippen molar-refractivity contribution in [3.63, 3.8) is 0 Å². The molecular formula is C18H21N5OS. The van der Waals surface area contributed by atoms with Crippen LogP contribution in [0.25, 0.3) is 10.7 Å². The topological polar surface area (TPSA) is 66.8 Å². The molecule has 4 rings (SSSR count). The van der Waals surface area contributed by atoms with Crippen LogP contribution < -0.4 is 5.56 Å². The van der Waals surface area contributed by atoms with Gasteiger partial charge < -0.3 is 4.98 Å². The van der Waals surface area contributed by atoms with Crippen LogP contribution in [0, 0.1) is 6.92 Å². The molecule has 0 spiro atoms. The van der Waals surface area contributed by atoms with E-state index < -0.39 is 0 Å². The Morgan fingerprint density at radius 2 is 2.28 bits per heavy atom. The van der Waals surface area contributed by atoms with E-state index in [1.54, 1.807) is 11.3 Å². The monoisotopic (exact) mass is 355 g/mol. The predicted octanol–water partition coefficient (Wildman–Crippen LogP) is 2.58. The summed E-state index contributed by atoms with van der Waals surface area (Å²) in [6, 6.07) is 3.96. The van der Waals surface area contributed by atoms with Crippen molar-refractivity contribution in [3.05, 3.63) is 56.6 Å². The Hall–Kier alpha value is -2.25.